The van der Waals surface area contributed by atoms with Crippen LogP contribution in [0, 0.1) is 34.5 Å². The van der Waals surface area contributed by atoms with Crippen LogP contribution in [-0.2, 0) is 32.0 Å². The van der Waals surface area contributed by atoms with Crippen molar-refractivity contribution in [3.05, 3.63) is 28.8 Å². The molecule has 218 valence electrons. The second kappa shape index (κ2) is 9.82. The largest absolute Gasteiger partial charge is 0.507 e. The maximum absolute atomic E-state index is 14.4. The quantitative estimate of drug-likeness (QED) is 0.360. The number of Topliss-reactive ketones (excluding diaryl/α,β-unsaturated/α-hetero) is 4. The summed E-state index contributed by atoms with van der Waals surface area (Å²) in [6.45, 7) is 0. The van der Waals surface area contributed by atoms with Gasteiger partial charge >= 0.3 is 0 Å². The molecule has 5 rings (SSSR count). The predicted molar refractivity (Wildman–Crippen MR) is 146 cm³/mol. The number of nitriles is 1. The fourth-order valence-electron chi connectivity index (χ4n) is 8.34. The van der Waals surface area contributed by atoms with E-state index in [-0.39, 0.29) is 17.7 Å². The van der Waals surface area contributed by atoms with Gasteiger partial charge in [0, 0.05) is 5.54 Å². The molecule has 0 spiro atoms. The average molecular weight is 564 g/mol. The van der Waals surface area contributed by atoms with Crippen LogP contribution in [0.25, 0.3) is 0 Å². The van der Waals surface area contributed by atoms with Gasteiger partial charge in [-0.1, -0.05) is 38.2 Å². The van der Waals surface area contributed by atoms with Gasteiger partial charge in [-0.3, -0.25) is 28.9 Å². The van der Waals surface area contributed by atoms with Crippen LogP contribution in [0.5, 0.6) is 5.75 Å². The third-order valence-electron chi connectivity index (χ3n) is 10.1. The third kappa shape index (κ3) is 3.91. The molecule has 0 aliphatic heterocycles. The van der Waals surface area contributed by atoms with Crippen molar-refractivity contribution in [2.45, 2.75) is 74.9 Å². The number of amides is 1. The molecule has 41 heavy (non-hydrogen) atoms. The Balaban J connectivity index is 1.65. The van der Waals surface area contributed by atoms with Crippen LogP contribution in [0.1, 0.15) is 66.4 Å². The van der Waals surface area contributed by atoms with Crippen molar-refractivity contribution in [1.82, 2.24) is 4.90 Å². The van der Waals surface area contributed by atoms with Gasteiger partial charge in [-0.05, 0) is 62.9 Å². The molecule has 1 aromatic rings. The standard InChI is InChI=1S/C30H37N5O6/c1-35(2)24-23(38)20(27(32)41)25(39)29(14-31)26(40)21-22(37)19-17(12-28(21,33)13-30(24,29)34)16(10-11-18(19)36)9-8-15-6-4-3-5-7-15/h10-11,15,20-21,24,36H,3-9,12-13,33-34H2,1-2H3,(H2,32,41)/t20?,21?,24-,28-,29+,30-/m1/s1. The molecular weight excluding hydrogens is 526 g/mol. The molecule has 4 aliphatic rings. The van der Waals surface area contributed by atoms with Gasteiger partial charge in [0.2, 0.25) is 5.91 Å². The highest BCUT2D eigenvalue weighted by Gasteiger charge is 2.78. The summed E-state index contributed by atoms with van der Waals surface area (Å²) in [6, 6.07) is 3.50. The first-order chi connectivity index (χ1) is 19.2. The lowest BCUT2D eigenvalue weighted by molar-refractivity contribution is -0.166. The first-order valence-electron chi connectivity index (χ1n) is 14.2. The van der Waals surface area contributed by atoms with Gasteiger partial charge in [-0.25, -0.2) is 0 Å². The molecule has 6 atom stereocenters. The number of nitrogens with two attached hydrogens (primary N) is 3. The summed E-state index contributed by atoms with van der Waals surface area (Å²) in [5.74, 6) is -9.03. The maximum atomic E-state index is 14.4. The van der Waals surface area contributed by atoms with E-state index in [0.717, 1.165) is 24.8 Å². The number of phenolic OH excluding ortho intramolecular Hbond substituents is 1. The number of aryl methyl sites for hydroxylation is 1. The normalized spacial score (nSPS) is 35.5. The second-order valence-corrected chi connectivity index (χ2v) is 12.8. The molecule has 2 unspecified atom stereocenters. The highest BCUT2D eigenvalue weighted by atomic mass is 16.3. The lowest BCUT2D eigenvalue weighted by atomic mass is 9.42. The summed E-state index contributed by atoms with van der Waals surface area (Å²) in [5.41, 5.74) is 14.0. The molecule has 4 aliphatic carbocycles. The molecule has 0 bridgehead atoms. The highest BCUT2D eigenvalue weighted by Crippen LogP contribution is 2.56. The van der Waals surface area contributed by atoms with Gasteiger partial charge in [0.15, 0.2) is 34.5 Å². The second-order valence-electron chi connectivity index (χ2n) is 12.8. The van der Waals surface area contributed by atoms with Crippen molar-refractivity contribution in [2.24, 2.45) is 40.4 Å². The van der Waals surface area contributed by atoms with Gasteiger partial charge < -0.3 is 22.3 Å². The van der Waals surface area contributed by atoms with Gasteiger partial charge in [0.1, 0.15) is 11.7 Å². The number of carbonyl (C=O) groups is 5. The Morgan fingerprint density at radius 3 is 2.34 bits per heavy atom. The van der Waals surface area contributed by atoms with Gasteiger partial charge in [-0.15, -0.1) is 0 Å². The van der Waals surface area contributed by atoms with Crippen LogP contribution < -0.4 is 17.2 Å². The lowest BCUT2D eigenvalue weighted by Gasteiger charge is -2.60. The number of benzene rings is 1. The van der Waals surface area contributed by atoms with Gasteiger partial charge in [0.25, 0.3) is 0 Å². The number of phenols is 1. The monoisotopic (exact) mass is 563 g/mol. The highest BCUT2D eigenvalue weighted by molar-refractivity contribution is 6.33. The Kier molecular flexibility index (Phi) is 6.96. The minimum atomic E-state index is -2.73. The minimum absolute atomic E-state index is 0.0267. The Labute approximate surface area is 238 Å². The summed E-state index contributed by atoms with van der Waals surface area (Å²) < 4.78 is 0. The van der Waals surface area contributed by atoms with Crippen molar-refractivity contribution in [1.29, 1.82) is 5.26 Å². The van der Waals surface area contributed by atoms with Crippen LogP contribution >= 0.6 is 0 Å². The number of carbonyl (C=O) groups excluding carboxylic acids is 5. The number of primary amides is 1. The van der Waals surface area contributed by atoms with Gasteiger partial charge in [0.05, 0.1) is 23.2 Å². The number of nitrogens with zero attached hydrogens (tertiary/aromatic N) is 2. The first-order valence-corrected chi connectivity index (χ1v) is 14.2. The number of hydrogen-bond donors (Lipinski definition) is 4. The fourth-order valence-corrected chi connectivity index (χ4v) is 8.34. The smallest absolute Gasteiger partial charge is 0.235 e. The van der Waals surface area contributed by atoms with E-state index in [2.05, 4.69) is 0 Å². The molecule has 7 N–H and O–H groups in total. The molecule has 0 saturated heterocycles. The molecule has 3 saturated carbocycles. The SMILES string of the molecule is CN(C)[C@@H]1C(=O)C(C(N)=O)C(=O)[C@@]2(C#N)C(=O)C3C(=O)c4c(O)ccc(CCC5CCCCC5)c4C[C@@]3(N)C[C@@]12N. The van der Waals surface area contributed by atoms with Crippen molar-refractivity contribution < 1.29 is 29.1 Å². The van der Waals surface area contributed by atoms with E-state index in [4.69, 9.17) is 17.2 Å². The summed E-state index contributed by atoms with van der Waals surface area (Å²) in [6.07, 6.45) is 7.02. The van der Waals surface area contributed by atoms with Gasteiger partial charge in [-0.2, -0.15) is 5.26 Å². The van der Waals surface area contributed by atoms with E-state index < -0.39 is 69.8 Å². The van der Waals surface area contributed by atoms with E-state index in [1.807, 2.05) is 0 Å². The van der Waals surface area contributed by atoms with Crippen LogP contribution in [0.3, 0.4) is 0 Å². The molecule has 0 radical (unpaired) electrons. The van der Waals surface area contributed by atoms with Crippen molar-refractivity contribution >= 4 is 29.0 Å². The summed E-state index contributed by atoms with van der Waals surface area (Å²) in [4.78, 5) is 69.4. The van der Waals surface area contributed by atoms with Crippen LogP contribution in [0.4, 0.5) is 0 Å². The van der Waals surface area contributed by atoms with Crippen LogP contribution in [-0.4, -0.2) is 70.3 Å². The van der Waals surface area contributed by atoms with Crippen molar-refractivity contribution in [3.8, 4) is 11.8 Å². The first kappa shape index (κ1) is 29.0. The molecule has 3 fully saturated rings. The minimum Gasteiger partial charge on any atom is -0.507 e. The Morgan fingerprint density at radius 1 is 1.10 bits per heavy atom. The Bertz CT molecular complexity index is 1410. The Hall–Kier alpha value is -3.46. The zero-order valence-electron chi connectivity index (χ0n) is 23.4. The molecule has 0 aromatic heterocycles. The third-order valence-corrected chi connectivity index (χ3v) is 10.1. The lowest BCUT2D eigenvalue weighted by Crippen LogP contribution is -2.85. The predicted octanol–water partition coefficient (Wildman–Crippen LogP) is 0.321. The number of rotatable bonds is 5. The molecule has 0 heterocycles. The maximum Gasteiger partial charge on any atom is 0.235 e. The summed E-state index contributed by atoms with van der Waals surface area (Å²) in [5, 5.41) is 21.3. The Morgan fingerprint density at radius 2 is 1.76 bits per heavy atom. The fraction of sp³-hybridized carbons (Fsp3) is 0.600. The van der Waals surface area contributed by atoms with Crippen molar-refractivity contribution in [3.63, 3.8) is 0 Å². The van der Waals surface area contributed by atoms with E-state index >= 15 is 0 Å². The van der Waals surface area contributed by atoms with E-state index in [0.29, 0.717) is 17.9 Å². The average Bonchev–Trinajstić information content (AvgIpc) is 2.87. The zero-order valence-corrected chi connectivity index (χ0v) is 23.4. The number of ketones is 4. The summed E-state index contributed by atoms with van der Waals surface area (Å²) >= 11 is 0. The number of likely N-dealkylation sites (N-methyl/N-ethyl adjacent to an activating group) is 1. The number of hydrogen-bond acceptors (Lipinski definition) is 10. The number of aromatic hydroxyl groups is 1. The molecular formula is C30H37N5O6. The van der Waals surface area contributed by atoms with Crippen LogP contribution in [0.2, 0.25) is 0 Å². The van der Waals surface area contributed by atoms with Crippen LogP contribution in [0.15, 0.2) is 12.1 Å². The van der Waals surface area contributed by atoms with E-state index in [1.54, 1.807) is 12.1 Å². The summed E-state index contributed by atoms with van der Waals surface area (Å²) in [7, 11) is 2.96. The van der Waals surface area contributed by atoms with E-state index in [1.165, 1.54) is 44.3 Å². The number of fused-ring (bicyclic) bond motifs is 3. The van der Waals surface area contributed by atoms with E-state index in [9.17, 15) is 34.3 Å². The molecule has 11 heteroatoms. The molecule has 1 aromatic carbocycles. The molecule has 1 amide bonds. The zero-order chi connectivity index (χ0) is 30.1. The van der Waals surface area contributed by atoms with Crippen molar-refractivity contribution in [2.75, 3.05) is 14.1 Å². The topological polar surface area (TPSA) is 211 Å². The molecule has 11 nitrogen and oxygen atoms in total.